The number of aliphatic hydroxyl groups excluding tert-OH is 1. The van der Waals surface area contributed by atoms with Crippen molar-refractivity contribution in [2.45, 2.75) is 25.5 Å². The Bertz CT molecular complexity index is 672. The van der Waals surface area contributed by atoms with Gasteiger partial charge in [-0.2, -0.15) is 4.67 Å². The molecule has 13 heteroatoms. The number of aliphatic hydroxyl groups is 1. The van der Waals surface area contributed by atoms with Gasteiger partial charge in [-0.05, 0) is 12.5 Å². The Morgan fingerprint density at radius 2 is 1.88 bits per heavy atom. The zero-order valence-corrected chi connectivity index (χ0v) is 14.4. The van der Waals surface area contributed by atoms with Gasteiger partial charge in [0.1, 0.15) is 12.8 Å². The molecular weight excluding hydrogens is 373 g/mol. The van der Waals surface area contributed by atoms with Gasteiger partial charge in [0.15, 0.2) is 0 Å². The molecule has 0 spiro atoms. The summed E-state index contributed by atoms with van der Waals surface area (Å²) in [5.74, 6) is -3.04. The molecule has 12 nitrogen and oxygen atoms in total. The van der Waals surface area contributed by atoms with Crippen LogP contribution >= 0.6 is 7.75 Å². The minimum Gasteiger partial charge on any atom is -0.370 e. The van der Waals surface area contributed by atoms with Crippen LogP contribution in [0, 0.1) is 0 Å². The maximum atomic E-state index is 11.8. The summed E-state index contributed by atoms with van der Waals surface area (Å²) in [4.78, 5) is 70.3. The third kappa shape index (κ3) is 4.96. The zero-order chi connectivity index (χ0) is 19.5. The Balaban J connectivity index is 1.88. The molecule has 2 aliphatic heterocycles. The molecular formula is C13H18N3O9P. The molecule has 0 aromatic heterocycles. The molecule has 0 aliphatic carbocycles. The summed E-state index contributed by atoms with van der Waals surface area (Å²) in [6, 6.07) is 0. The molecule has 1 atom stereocenters. The van der Waals surface area contributed by atoms with Gasteiger partial charge in [-0.15, -0.1) is 5.06 Å². The van der Waals surface area contributed by atoms with Crippen molar-refractivity contribution in [1.29, 1.82) is 0 Å². The largest absolute Gasteiger partial charge is 0.403 e. The SMILES string of the molecule is O=C(CN(CCCN1C(=O)C=CC1O)P(=O)(O)O)ON1C(=O)CCC1=O. The highest BCUT2D eigenvalue weighted by Crippen LogP contribution is 2.39. The second kappa shape index (κ2) is 8.06. The first-order valence-electron chi connectivity index (χ1n) is 7.64. The van der Waals surface area contributed by atoms with E-state index in [0.717, 1.165) is 4.90 Å². The van der Waals surface area contributed by atoms with Crippen molar-refractivity contribution in [3.63, 3.8) is 0 Å². The van der Waals surface area contributed by atoms with Crippen LogP contribution in [0.1, 0.15) is 19.3 Å². The summed E-state index contributed by atoms with van der Waals surface area (Å²) in [6.07, 6.45) is 1.17. The minimum absolute atomic E-state index is 0.00163. The molecule has 3 amide bonds. The molecule has 0 saturated carbocycles. The number of carbonyl (C=O) groups excluding carboxylic acids is 4. The van der Waals surface area contributed by atoms with Crippen LogP contribution < -0.4 is 0 Å². The number of carbonyl (C=O) groups is 4. The van der Waals surface area contributed by atoms with Gasteiger partial charge in [0.25, 0.3) is 11.8 Å². The van der Waals surface area contributed by atoms with E-state index >= 15 is 0 Å². The highest BCUT2D eigenvalue weighted by molar-refractivity contribution is 7.49. The van der Waals surface area contributed by atoms with Crippen LogP contribution in [0.3, 0.4) is 0 Å². The van der Waals surface area contributed by atoms with Crippen LogP contribution in [0.5, 0.6) is 0 Å². The normalized spacial score (nSPS) is 20.6. The lowest BCUT2D eigenvalue weighted by atomic mass is 10.3. The number of nitrogens with zero attached hydrogens (tertiary/aromatic N) is 3. The van der Waals surface area contributed by atoms with E-state index in [0.29, 0.717) is 4.67 Å². The van der Waals surface area contributed by atoms with Gasteiger partial charge >= 0.3 is 13.7 Å². The fraction of sp³-hybridized carbons (Fsp3) is 0.538. The topological polar surface area (TPSA) is 165 Å². The number of hydrogen-bond donors (Lipinski definition) is 3. The molecule has 2 rings (SSSR count). The molecule has 1 fully saturated rings. The quantitative estimate of drug-likeness (QED) is 0.314. The maximum absolute atomic E-state index is 11.8. The first-order valence-corrected chi connectivity index (χ1v) is 9.20. The third-order valence-electron chi connectivity index (χ3n) is 3.71. The number of amides is 3. The smallest absolute Gasteiger partial charge is 0.370 e. The van der Waals surface area contributed by atoms with Crippen molar-refractivity contribution in [3.05, 3.63) is 12.2 Å². The molecule has 0 aromatic rings. The summed E-state index contributed by atoms with van der Waals surface area (Å²) >= 11 is 0. The number of hydrogen-bond acceptors (Lipinski definition) is 7. The lowest BCUT2D eigenvalue weighted by Gasteiger charge is -2.25. The van der Waals surface area contributed by atoms with Gasteiger partial charge in [-0.3, -0.25) is 14.4 Å². The molecule has 2 heterocycles. The van der Waals surface area contributed by atoms with Crippen molar-refractivity contribution >= 4 is 31.4 Å². The van der Waals surface area contributed by atoms with Gasteiger partial charge in [0.2, 0.25) is 5.91 Å². The van der Waals surface area contributed by atoms with Gasteiger partial charge in [0.05, 0.1) is 0 Å². The average molecular weight is 391 g/mol. The first kappa shape index (κ1) is 20.2. The second-order valence-corrected chi connectivity index (χ2v) is 7.20. The Hall–Kier alpha value is -2.11. The molecule has 26 heavy (non-hydrogen) atoms. The standard InChI is InChI=1S/C13H18N3O9P/c17-9-2-3-10(18)15(9)7-1-6-14(26(22,23)24)8-13(21)25-16-11(19)4-5-12(16)20/h2-3,9,17H,1,4-8H2,(H2,22,23,24). The first-order chi connectivity index (χ1) is 12.1. The second-order valence-electron chi connectivity index (χ2n) is 5.60. The minimum atomic E-state index is -4.83. The fourth-order valence-corrected chi connectivity index (χ4v) is 3.11. The Morgan fingerprint density at radius 3 is 2.38 bits per heavy atom. The lowest BCUT2D eigenvalue weighted by molar-refractivity contribution is -0.197. The highest BCUT2D eigenvalue weighted by atomic mass is 31.2. The summed E-state index contributed by atoms with van der Waals surface area (Å²) in [5, 5.41) is 9.83. The summed E-state index contributed by atoms with van der Waals surface area (Å²) in [7, 11) is -4.83. The van der Waals surface area contributed by atoms with E-state index in [1.807, 2.05) is 0 Å². The van der Waals surface area contributed by atoms with Crippen molar-refractivity contribution in [3.8, 4) is 0 Å². The average Bonchev–Trinajstić information content (AvgIpc) is 3.02. The molecule has 3 N–H and O–H groups in total. The van der Waals surface area contributed by atoms with E-state index < -0.39 is 44.2 Å². The highest BCUT2D eigenvalue weighted by Gasteiger charge is 2.35. The van der Waals surface area contributed by atoms with Crippen LogP contribution in [-0.4, -0.2) is 79.1 Å². The molecule has 0 aromatic carbocycles. The Kier molecular flexibility index (Phi) is 6.26. The van der Waals surface area contributed by atoms with Crippen LogP contribution in [-0.2, 0) is 28.6 Å². The van der Waals surface area contributed by atoms with Crippen LogP contribution in [0.4, 0.5) is 0 Å². The maximum Gasteiger partial charge on any atom is 0.403 e. The van der Waals surface area contributed by atoms with Gasteiger partial charge in [0, 0.05) is 32.0 Å². The summed E-state index contributed by atoms with van der Waals surface area (Å²) < 4.78 is 12.0. The monoisotopic (exact) mass is 391 g/mol. The number of rotatable bonds is 8. The van der Waals surface area contributed by atoms with Crippen molar-refractivity contribution in [1.82, 2.24) is 14.6 Å². The third-order valence-corrected chi connectivity index (χ3v) is 4.79. The predicted molar refractivity (Wildman–Crippen MR) is 82.3 cm³/mol. The summed E-state index contributed by atoms with van der Waals surface area (Å²) in [5.41, 5.74) is 0. The molecule has 1 unspecified atom stereocenters. The van der Waals surface area contributed by atoms with E-state index in [-0.39, 0.29) is 37.4 Å². The molecule has 1 saturated heterocycles. The predicted octanol–water partition coefficient (Wildman–Crippen LogP) is -1.90. The van der Waals surface area contributed by atoms with Gasteiger partial charge < -0.3 is 24.6 Å². The number of imide groups is 1. The number of hydroxylamine groups is 2. The summed E-state index contributed by atoms with van der Waals surface area (Å²) in [6.45, 7) is -1.16. The van der Waals surface area contributed by atoms with Gasteiger partial charge in [-0.25, -0.2) is 9.36 Å². The zero-order valence-electron chi connectivity index (χ0n) is 13.6. The lowest BCUT2D eigenvalue weighted by Crippen LogP contribution is -2.39. The van der Waals surface area contributed by atoms with Crippen LogP contribution in [0.15, 0.2) is 12.2 Å². The molecule has 0 bridgehead atoms. The molecule has 144 valence electrons. The molecule has 2 aliphatic rings. The van der Waals surface area contributed by atoms with Gasteiger partial charge in [-0.1, -0.05) is 0 Å². The van der Waals surface area contributed by atoms with E-state index in [4.69, 9.17) is 0 Å². The van der Waals surface area contributed by atoms with Crippen molar-refractivity contribution < 1.29 is 43.5 Å². The van der Waals surface area contributed by atoms with E-state index in [2.05, 4.69) is 4.84 Å². The van der Waals surface area contributed by atoms with E-state index in [9.17, 15) is 38.6 Å². The van der Waals surface area contributed by atoms with E-state index in [1.165, 1.54) is 12.2 Å². The Morgan fingerprint density at radius 1 is 1.27 bits per heavy atom. The van der Waals surface area contributed by atoms with Crippen LogP contribution in [0.25, 0.3) is 0 Å². The fourth-order valence-electron chi connectivity index (χ4n) is 2.40. The molecule has 0 radical (unpaired) electrons. The van der Waals surface area contributed by atoms with Crippen molar-refractivity contribution in [2.75, 3.05) is 19.6 Å². The van der Waals surface area contributed by atoms with E-state index in [1.54, 1.807) is 0 Å². The Labute approximate surface area is 147 Å². The van der Waals surface area contributed by atoms with Crippen LogP contribution in [0.2, 0.25) is 0 Å². The van der Waals surface area contributed by atoms with Crippen molar-refractivity contribution in [2.24, 2.45) is 0 Å².